The SMILES string of the molecule is CCOC(=O)c1cnc2cc(C(F)(F)F)ccc2c1Nc1ccc(S(=O)(=O)N(C)C)cc1. The van der Waals surface area contributed by atoms with Crippen LogP contribution in [-0.2, 0) is 20.9 Å². The van der Waals surface area contributed by atoms with Crippen LogP contribution in [0.3, 0.4) is 0 Å². The zero-order valence-corrected chi connectivity index (χ0v) is 18.2. The number of esters is 1. The monoisotopic (exact) mass is 467 g/mol. The molecule has 0 saturated carbocycles. The van der Waals surface area contributed by atoms with Crippen molar-refractivity contribution in [2.75, 3.05) is 26.0 Å². The van der Waals surface area contributed by atoms with Crippen molar-refractivity contribution in [2.24, 2.45) is 0 Å². The molecule has 0 bridgehead atoms. The molecule has 0 unspecified atom stereocenters. The Labute approximate surface area is 182 Å². The van der Waals surface area contributed by atoms with Crippen molar-refractivity contribution < 1.29 is 31.1 Å². The molecule has 0 saturated heterocycles. The summed E-state index contributed by atoms with van der Waals surface area (Å²) in [5, 5.41) is 3.26. The Morgan fingerprint density at radius 2 is 1.78 bits per heavy atom. The number of nitrogens with zero attached hydrogens (tertiary/aromatic N) is 2. The number of sulfonamides is 1. The molecule has 1 aromatic heterocycles. The van der Waals surface area contributed by atoms with Gasteiger partial charge in [-0.25, -0.2) is 17.5 Å². The largest absolute Gasteiger partial charge is 0.462 e. The van der Waals surface area contributed by atoms with Crippen molar-refractivity contribution in [3.05, 3.63) is 59.8 Å². The molecular formula is C21H20F3N3O4S. The summed E-state index contributed by atoms with van der Waals surface area (Å²) in [5.74, 6) is -0.698. The highest BCUT2D eigenvalue weighted by Crippen LogP contribution is 2.35. The number of alkyl halides is 3. The molecule has 0 radical (unpaired) electrons. The molecule has 0 amide bonds. The van der Waals surface area contributed by atoms with Crippen LogP contribution in [0.5, 0.6) is 0 Å². The minimum Gasteiger partial charge on any atom is -0.462 e. The normalized spacial score (nSPS) is 12.2. The summed E-state index contributed by atoms with van der Waals surface area (Å²) in [6, 6.07) is 8.75. The van der Waals surface area contributed by atoms with Gasteiger partial charge in [-0.1, -0.05) is 6.07 Å². The predicted molar refractivity (Wildman–Crippen MR) is 113 cm³/mol. The van der Waals surface area contributed by atoms with E-state index in [4.69, 9.17) is 4.74 Å². The first kappa shape index (κ1) is 23.5. The molecule has 7 nitrogen and oxygen atoms in total. The summed E-state index contributed by atoms with van der Waals surface area (Å²) < 4.78 is 69.9. The molecular weight excluding hydrogens is 447 g/mol. The summed E-state index contributed by atoms with van der Waals surface area (Å²) in [7, 11) is -0.818. The van der Waals surface area contributed by atoms with Gasteiger partial charge in [-0.15, -0.1) is 0 Å². The van der Waals surface area contributed by atoms with E-state index in [9.17, 15) is 26.4 Å². The molecule has 2 aromatic carbocycles. The predicted octanol–water partition coefficient (Wildman–Crippen LogP) is 4.42. The number of fused-ring (bicyclic) bond motifs is 1. The highest BCUT2D eigenvalue weighted by molar-refractivity contribution is 7.89. The standard InChI is InChI=1S/C21H20F3N3O4S/c1-4-31-20(28)17-12-25-18-11-13(21(22,23)24)5-10-16(18)19(17)26-14-6-8-15(9-7-14)32(29,30)27(2)3/h5-12H,4H2,1-3H3,(H,25,26). The fourth-order valence-electron chi connectivity index (χ4n) is 2.93. The topological polar surface area (TPSA) is 88.6 Å². The molecule has 11 heteroatoms. The molecule has 0 aliphatic rings. The Kier molecular flexibility index (Phi) is 6.42. The maximum absolute atomic E-state index is 13.1. The van der Waals surface area contributed by atoms with E-state index in [1.54, 1.807) is 6.92 Å². The number of hydrogen-bond acceptors (Lipinski definition) is 6. The van der Waals surface area contributed by atoms with E-state index in [0.717, 1.165) is 22.6 Å². The van der Waals surface area contributed by atoms with Gasteiger partial charge in [0, 0.05) is 31.4 Å². The van der Waals surface area contributed by atoms with Gasteiger partial charge in [0.1, 0.15) is 5.56 Å². The first-order valence-electron chi connectivity index (χ1n) is 9.42. The van der Waals surface area contributed by atoms with E-state index in [0.29, 0.717) is 5.69 Å². The second-order valence-electron chi connectivity index (χ2n) is 6.93. The number of aromatic nitrogens is 1. The van der Waals surface area contributed by atoms with Crippen LogP contribution in [-0.4, -0.2) is 44.4 Å². The van der Waals surface area contributed by atoms with Crippen LogP contribution in [0.1, 0.15) is 22.8 Å². The summed E-state index contributed by atoms with van der Waals surface area (Å²) in [5.41, 5.74) is -0.192. The third kappa shape index (κ3) is 4.68. The Hall–Kier alpha value is -3.18. The average molecular weight is 467 g/mol. The zero-order chi connectivity index (χ0) is 23.7. The van der Waals surface area contributed by atoms with Crippen molar-refractivity contribution in [1.29, 1.82) is 0 Å². The van der Waals surface area contributed by atoms with Crippen molar-refractivity contribution in [1.82, 2.24) is 9.29 Å². The third-order valence-electron chi connectivity index (χ3n) is 4.59. The lowest BCUT2D eigenvalue weighted by molar-refractivity contribution is -0.137. The Morgan fingerprint density at radius 3 is 2.34 bits per heavy atom. The van der Waals surface area contributed by atoms with Gasteiger partial charge in [0.15, 0.2) is 0 Å². The van der Waals surface area contributed by atoms with Crippen molar-refractivity contribution in [2.45, 2.75) is 18.0 Å². The van der Waals surface area contributed by atoms with Crippen LogP contribution in [0.2, 0.25) is 0 Å². The highest BCUT2D eigenvalue weighted by atomic mass is 32.2. The average Bonchev–Trinajstić information content (AvgIpc) is 2.73. The second kappa shape index (κ2) is 8.75. The van der Waals surface area contributed by atoms with Crippen LogP contribution in [0, 0.1) is 0 Å². The molecule has 0 spiro atoms. The quantitative estimate of drug-likeness (QED) is 0.540. The van der Waals surface area contributed by atoms with Crippen LogP contribution < -0.4 is 5.32 Å². The number of pyridine rings is 1. The first-order chi connectivity index (χ1) is 14.9. The first-order valence-corrected chi connectivity index (χ1v) is 10.9. The van der Waals surface area contributed by atoms with Gasteiger partial charge in [0.25, 0.3) is 0 Å². The Balaban J connectivity index is 2.10. The molecule has 0 aliphatic carbocycles. The third-order valence-corrected chi connectivity index (χ3v) is 6.42. The van der Waals surface area contributed by atoms with Gasteiger partial charge >= 0.3 is 12.1 Å². The fourth-order valence-corrected chi connectivity index (χ4v) is 3.84. The maximum atomic E-state index is 13.1. The molecule has 1 heterocycles. The van der Waals surface area contributed by atoms with Gasteiger partial charge in [0.05, 0.1) is 28.3 Å². The van der Waals surface area contributed by atoms with Gasteiger partial charge in [-0.05, 0) is 43.3 Å². The van der Waals surface area contributed by atoms with Crippen molar-refractivity contribution >= 4 is 38.3 Å². The van der Waals surface area contributed by atoms with Gasteiger partial charge < -0.3 is 10.1 Å². The molecule has 0 aliphatic heterocycles. The minimum atomic E-state index is -4.54. The van der Waals surface area contributed by atoms with Gasteiger partial charge in [0.2, 0.25) is 10.0 Å². The summed E-state index contributed by atoms with van der Waals surface area (Å²) in [6.07, 6.45) is -3.40. The smallest absolute Gasteiger partial charge is 0.416 e. The van der Waals surface area contributed by atoms with Crippen LogP contribution in [0.25, 0.3) is 10.9 Å². The Morgan fingerprint density at radius 1 is 1.12 bits per heavy atom. The van der Waals surface area contributed by atoms with Crippen molar-refractivity contribution in [3.8, 4) is 0 Å². The molecule has 32 heavy (non-hydrogen) atoms. The number of carbonyl (C=O) groups excluding carboxylic acids is 1. The summed E-state index contributed by atoms with van der Waals surface area (Å²) in [6.45, 7) is 1.72. The minimum absolute atomic E-state index is 0.0298. The van der Waals surface area contributed by atoms with E-state index in [1.807, 2.05) is 0 Å². The van der Waals surface area contributed by atoms with E-state index in [2.05, 4.69) is 10.3 Å². The number of anilines is 2. The van der Waals surface area contributed by atoms with Crippen LogP contribution in [0.15, 0.2) is 53.6 Å². The number of ether oxygens (including phenoxy) is 1. The Bertz CT molecular complexity index is 1260. The van der Waals surface area contributed by atoms with E-state index < -0.39 is 27.7 Å². The number of carbonyl (C=O) groups is 1. The van der Waals surface area contributed by atoms with Crippen LogP contribution >= 0.6 is 0 Å². The molecule has 3 rings (SSSR count). The van der Waals surface area contributed by atoms with Crippen molar-refractivity contribution in [3.63, 3.8) is 0 Å². The zero-order valence-electron chi connectivity index (χ0n) is 17.4. The number of nitrogens with one attached hydrogen (secondary N) is 1. The number of halogens is 3. The molecule has 0 fully saturated rings. The molecule has 3 aromatic rings. The van der Waals surface area contributed by atoms with E-state index in [-0.39, 0.29) is 33.7 Å². The fraction of sp³-hybridized carbons (Fsp3) is 0.238. The van der Waals surface area contributed by atoms with E-state index in [1.165, 1.54) is 44.4 Å². The summed E-state index contributed by atoms with van der Waals surface area (Å²) >= 11 is 0. The van der Waals surface area contributed by atoms with Crippen LogP contribution in [0.4, 0.5) is 24.5 Å². The van der Waals surface area contributed by atoms with Gasteiger partial charge in [-0.3, -0.25) is 4.98 Å². The second-order valence-corrected chi connectivity index (χ2v) is 9.09. The van der Waals surface area contributed by atoms with E-state index >= 15 is 0 Å². The molecule has 170 valence electrons. The lowest BCUT2D eigenvalue weighted by Gasteiger charge is -2.16. The van der Waals surface area contributed by atoms with Gasteiger partial charge in [-0.2, -0.15) is 13.2 Å². The molecule has 0 atom stereocenters. The summed E-state index contributed by atoms with van der Waals surface area (Å²) in [4.78, 5) is 16.5. The number of hydrogen-bond donors (Lipinski definition) is 1. The number of rotatable bonds is 6. The number of benzene rings is 2. The lowest BCUT2D eigenvalue weighted by Crippen LogP contribution is -2.22. The highest BCUT2D eigenvalue weighted by Gasteiger charge is 2.31. The maximum Gasteiger partial charge on any atom is 0.416 e. The lowest BCUT2D eigenvalue weighted by atomic mass is 10.1. The molecule has 1 N–H and O–H groups in total.